The quantitative estimate of drug-likeness (QED) is 0.911. The molecule has 5 heteroatoms. The van der Waals surface area contributed by atoms with Crippen LogP contribution < -0.4 is 0 Å². The van der Waals surface area contributed by atoms with Crippen molar-refractivity contribution >= 4 is 17.6 Å². The molecular weight excluding hydrogens is 240 g/mol. The summed E-state index contributed by atoms with van der Waals surface area (Å²) in [5, 5.41) is 13.9. The lowest BCUT2D eigenvalue weighted by atomic mass is 10.1. The van der Waals surface area contributed by atoms with E-state index >= 15 is 0 Å². The maximum Gasteiger partial charge on any atom is 0.354 e. The molecule has 0 atom stereocenters. The van der Waals surface area contributed by atoms with Gasteiger partial charge in [0, 0.05) is 17.1 Å². The minimum atomic E-state index is -0.979. The zero-order valence-electron chi connectivity index (χ0n) is 9.22. The van der Waals surface area contributed by atoms with Crippen LogP contribution in [-0.2, 0) is 6.54 Å². The van der Waals surface area contributed by atoms with Crippen molar-refractivity contribution in [3.8, 4) is 11.3 Å². The van der Waals surface area contributed by atoms with Gasteiger partial charge in [0.25, 0.3) is 0 Å². The highest BCUT2D eigenvalue weighted by Gasteiger charge is 2.14. The second kappa shape index (κ2) is 4.59. The molecule has 17 heavy (non-hydrogen) atoms. The number of carbonyl (C=O) groups is 1. The molecule has 1 heterocycles. The van der Waals surface area contributed by atoms with Crippen LogP contribution >= 0.6 is 11.6 Å². The van der Waals surface area contributed by atoms with Crippen LogP contribution in [0.1, 0.15) is 17.4 Å². The molecule has 0 bridgehead atoms. The van der Waals surface area contributed by atoms with E-state index in [-0.39, 0.29) is 5.69 Å². The Morgan fingerprint density at radius 1 is 1.47 bits per heavy atom. The summed E-state index contributed by atoms with van der Waals surface area (Å²) < 4.78 is 1.46. The minimum Gasteiger partial charge on any atom is -0.477 e. The van der Waals surface area contributed by atoms with Gasteiger partial charge in [0.2, 0.25) is 0 Å². The van der Waals surface area contributed by atoms with Crippen molar-refractivity contribution in [3.63, 3.8) is 0 Å². The van der Waals surface area contributed by atoms with Gasteiger partial charge in [0.15, 0.2) is 0 Å². The Labute approximate surface area is 103 Å². The molecule has 0 aliphatic rings. The number of rotatable bonds is 3. The third-order valence-corrected chi connectivity index (χ3v) is 2.65. The monoisotopic (exact) mass is 250 g/mol. The van der Waals surface area contributed by atoms with E-state index in [2.05, 4.69) is 5.10 Å². The van der Waals surface area contributed by atoms with Gasteiger partial charge in [-0.15, -0.1) is 0 Å². The molecule has 2 aromatic rings. The molecule has 2 rings (SSSR count). The number of halogens is 1. The Morgan fingerprint density at radius 3 is 2.76 bits per heavy atom. The molecule has 88 valence electrons. The molecule has 1 aromatic carbocycles. The molecule has 1 N–H and O–H groups in total. The average molecular weight is 251 g/mol. The summed E-state index contributed by atoms with van der Waals surface area (Å²) in [5.41, 5.74) is 1.61. The summed E-state index contributed by atoms with van der Waals surface area (Å²) >= 11 is 5.89. The first-order valence-electron chi connectivity index (χ1n) is 5.19. The molecule has 0 fully saturated rings. The summed E-state index contributed by atoms with van der Waals surface area (Å²) in [4.78, 5) is 11.0. The fourth-order valence-corrected chi connectivity index (χ4v) is 1.81. The molecule has 0 aliphatic carbocycles. The van der Waals surface area contributed by atoms with Crippen LogP contribution in [0.2, 0.25) is 5.02 Å². The summed E-state index contributed by atoms with van der Waals surface area (Å²) in [6.07, 6.45) is 0. The predicted molar refractivity (Wildman–Crippen MR) is 65.3 cm³/mol. The lowest BCUT2D eigenvalue weighted by Crippen LogP contribution is -2.07. The van der Waals surface area contributed by atoms with Gasteiger partial charge in [-0.2, -0.15) is 5.10 Å². The van der Waals surface area contributed by atoms with Crippen LogP contribution in [0.4, 0.5) is 0 Å². The third kappa shape index (κ3) is 2.31. The number of hydrogen-bond donors (Lipinski definition) is 1. The number of hydrogen-bond acceptors (Lipinski definition) is 2. The lowest BCUT2D eigenvalue weighted by Gasteiger charge is -1.98. The fraction of sp³-hybridized carbons (Fsp3) is 0.167. The number of nitrogens with zero attached hydrogens (tertiary/aromatic N) is 2. The molecule has 0 radical (unpaired) electrons. The average Bonchev–Trinajstić information content (AvgIpc) is 2.73. The van der Waals surface area contributed by atoms with Gasteiger partial charge < -0.3 is 5.11 Å². The van der Waals surface area contributed by atoms with Gasteiger partial charge in [-0.3, -0.25) is 4.68 Å². The van der Waals surface area contributed by atoms with Gasteiger partial charge in [-0.25, -0.2) is 4.79 Å². The normalized spacial score (nSPS) is 10.5. The Balaban J connectivity index is 2.50. The maximum atomic E-state index is 11.0. The SMILES string of the molecule is CCn1nc(-c2cccc(Cl)c2)cc1C(=O)O. The highest BCUT2D eigenvalue weighted by molar-refractivity contribution is 6.30. The van der Waals surface area contributed by atoms with Crippen molar-refractivity contribution < 1.29 is 9.90 Å². The van der Waals surface area contributed by atoms with Crippen molar-refractivity contribution in [1.29, 1.82) is 0 Å². The molecule has 0 spiro atoms. The molecule has 1 aromatic heterocycles. The number of aromatic nitrogens is 2. The summed E-state index contributed by atoms with van der Waals surface area (Å²) in [5.74, 6) is -0.979. The molecule has 4 nitrogen and oxygen atoms in total. The van der Waals surface area contributed by atoms with E-state index in [1.54, 1.807) is 18.2 Å². The van der Waals surface area contributed by atoms with E-state index in [0.717, 1.165) is 5.56 Å². The van der Waals surface area contributed by atoms with Gasteiger partial charge in [0.1, 0.15) is 5.69 Å². The number of aromatic carboxylic acids is 1. The van der Waals surface area contributed by atoms with Crippen molar-refractivity contribution in [3.05, 3.63) is 41.0 Å². The zero-order chi connectivity index (χ0) is 12.4. The Kier molecular flexibility index (Phi) is 3.15. The molecular formula is C12H11ClN2O2. The first-order chi connectivity index (χ1) is 8.11. The highest BCUT2D eigenvalue weighted by Crippen LogP contribution is 2.22. The van der Waals surface area contributed by atoms with Gasteiger partial charge in [-0.05, 0) is 25.1 Å². The second-order valence-electron chi connectivity index (χ2n) is 3.55. The van der Waals surface area contributed by atoms with Crippen LogP contribution in [0.15, 0.2) is 30.3 Å². The van der Waals surface area contributed by atoms with E-state index in [9.17, 15) is 4.79 Å². The summed E-state index contributed by atoms with van der Waals surface area (Å²) in [6.45, 7) is 2.36. The van der Waals surface area contributed by atoms with Crippen LogP contribution in [0.5, 0.6) is 0 Å². The van der Waals surface area contributed by atoms with Crippen molar-refractivity contribution in [1.82, 2.24) is 9.78 Å². The Hall–Kier alpha value is -1.81. The smallest absolute Gasteiger partial charge is 0.354 e. The topological polar surface area (TPSA) is 55.1 Å². The van der Waals surface area contributed by atoms with E-state index in [1.165, 1.54) is 4.68 Å². The summed E-state index contributed by atoms with van der Waals surface area (Å²) in [6, 6.07) is 8.73. The molecule has 0 saturated carbocycles. The standard InChI is InChI=1S/C12H11ClN2O2/c1-2-15-11(12(16)17)7-10(14-15)8-4-3-5-9(13)6-8/h3-7H,2H2,1H3,(H,16,17). The number of carboxylic acid groups (broad SMARTS) is 1. The third-order valence-electron chi connectivity index (χ3n) is 2.42. The van der Waals surface area contributed by atoms with Crippen LogP contribution in [-0.4, -0.2) is 20.9 Å². The molecule has 0 unspecified atom stereocenters. The maximum absolute atomic E-state index is 11.0. The largest absolute Gasteiger partial charge is 0.477 e. The number of benzene rings is 1. The van der Waals surface area contributed by atoms with Crippen molar-refractivity contribution in [2.24, 2.45) is 0 Å². The van der Waals surface area contributed by atoms with E-state index in [0.29, 0.717) is 17.3 Å². The van der Waals surface area contributed by atoms with Crippen molar-refractivity contribution in [2.75, 3.05) is 0 Å². The highest BCUT2D eigenvalue weighted by atomic mass is 35.5. The van der Waals surface area contributed by atoms with Gasteiger partial charge >= 0.3 is 5.97 Å². The molecule has 0 saturated heterocycles. The Morgan fingerprint density at radius 2 is 2.24 bits per heavy atom. The fourth-order valence-electron chi connectivity index (χ4n) is 1.62. The van der Waals surface area contributed by atoms with Crippen LogP contribution in [0.25, 0.3) is 11.3 Å². The second-order valence-corrected chi connectivity index (χ2v) is 3.98. The number of aryl methyl sites for hydroxylation is 1. The van der Waals surface area contributed by atoms with Crippen LogP contribution in [0, 0.1) is 0 Å². The van der Waals surface area contributed by atoms with E-state index in [1.807, 2.05) is 19.1 Å². The first-order valence-corrected chi connectivity index (χ1v) is 5.56. The van der Waals surface area contributed by atoms with Crippen molar-refractivity contribution in [2.45, 2.75) is 13.5 Å². The summed E-state index contributed by atoms with van der Waals surface area (Å²) in [7, 11) is 0. The Bertz CT molecular complexity index is 563. The minimum absolute atomic E-state index is 0.183. The first kappa shape index (κ1) is 11.7. The number of carboxylic acids is 1. The molecule has 0 aliphatic heterocycles. The lowest BCUT2D eigenvalue weighted by molar-refractivity contribution is 0.0683. The predicted octanol–water partition coefficient (Wildman–Crippen LogP) is 2.92. The van der Waals surface area contributed by atoms with E-state index < -0.39 is 5.97 Å². The molecule has 0 amide bonds. The van der Waals surface area contributed by atoms with Gasteiger partial charge in [-0.1, -0.05) is 23.7 Å². The van der Waals surface area contributed by atoms with Gasteiger partial charge in [0.05, 0.1) is 5.69 Å². The van der Waals surface area contributed by atoms with Crippen LogP contribution in [0.3, 0.4) is 0 Å². The van der Waals surface area contributed by atoms with E-state index in [4.69, 9.17) is 16.7 Å². The zero-order valence-corrected chi connectivity index (χ0v) is 9.98.